The van der Waals surface area contributed by atoms with Gasteiger partial charge in [-0.25, -0.2) is 0 Å². The number of hydrogen-bond donors (Lipinski definition) is 3. The molecule has 4 N–H and O–H groups in total. The smallest absolute Gasteiger partial charge is 0.264 e. The molecule has 2 aliphatic heterocycles. The van der Waals surface area contributed by atoms with Crippen LogP contribution in [0.4, 0.5) is 17.1 Å². The number of aliphatic hydroxyl groups excluding tert-OH is 1. The lowest BCUT2D eigenvalue weighted by Crippen LogP contribution is -2.52. The zero-order valence-electron chi connectivity index (χ0n) is 32.9. The molecule has 294 valence electrons. The van der Waals surface area contributed by atoms with Gasteiger partial charge in [0.15, 0.2) is 5.60 Å². The minimum atomic E-state index is -2.52. The SMILES string of the molecule is COc1ccc([Si](C)(C)[C@@H]2[C@@H](CC(=O)N(CCO)Cc3ccccc3)O[C@]3(C(=O)N(Cc4cccc(NC(=O)c5ccc(N)cc5)c4)c4ccccc43)[C@H]2C)cc1. The Bertz CT molecular complexity index is 2230. The molecule has 1 spiro atoms. The topological polar surface area (TPSA) is 134 Å². The zero-order chi connectivity index (χ0) is 40.3. The summed E-state index contributed by atoms with van der Waals surface area (Å²) in [5.41, 5.74) is 9.31. The molecule has 0 saturated carbocycles. The highest BCUT2D eigenvalue weighted by molar-refractivity contribution is 6.91. The van der Waals surface area contributed by atoms with Crippen molar-refractivity contribution in [1.82, 2.24) is 4.90 Å². The van der Waals surface area contributed by atoms with Gasteiger partial charge in [-0.05, 0) is 71.3 Å². The highest BCUT2D eigenvalue weighted by Crippen LogP contribution is 2.60. The fraction of sp³-hybridized carbons (Fsp3) is 0.283. The first kappa shape index (κ1) is 39.5. The van der Waals surface area contributed by atoms with Crippen molar-refractivity contribution in [2.45, 2.75) is 56.8 Å². The van der Waals surface area contributed by atoms with Crippen LogP contribution in [0.1, 0.15) is 40.4 Å². The van der Waals surface area contributed by atoms with Crippen LogP contribution in [-0.2, 0) is 33.0 Å². The van der Waals surface area contributed by atoms with E-state index in [1.54, 1.807) is 41.2 Å². The van der Waals surface area contributed by atoms with E-state index in [4.69, 9.17) is 15.2 Å². The number of carbonyl (C=O) groups excluding carboxylic acids is 3. The molecule has 2 heterocycles. The number of anilines is 3. The molecular formula is C46H50N4O6Si. The maximum Gasteiger partial charge on any atom is 0.264 e. The van der Waals surface area contributed by atoms with E-state index in [1.807, 2.05) is 91.0 Å². The van der Waals surface area contributed by atoms with Gasteiger partial charge in [0.1, 0.15) is 5.75 Å². The maximum atomic E-state index is 15.3. The summed E-state index contributed by atoms with van der Waals surface area (Å²) < 4.78 is 12.7. The number of aliphatic hydroxyl groups is 1. The van der Waals surface area contributed by atoms with Crippen LogP contribution in [0, 0.1) is 5.92 Å². The number of nitrogens with two attached hydrogens (primary N) is 1. The van der Waals surface area contributed by atoms with Gasteiger partial charge in [-0.2, -0.15) is 0 Å². The highest BCUT2D eigenvalue weighted by Gasteiger charge is 2.66. The lowest BCUT2D eigenvalue weighted by atomic mass is 9.82. The summed E-state index contributed by atoms with van der Waals surface area (Å²) in [6.07, 6.45) is -0.529. The number of hydrogen-bond acceptors (Lipinski definition) is 7. The molecule has 7 rings (SSSR count). The monoisotopic (exact) mass is 782 g/mol. The number of methoxy groups -OCH3 is 1. The molecule has 57 heavy (non-hydrogen) atoms. The van der Waals surface area contributed by atoms with E-state index in [1.165, 1.54) is 5.19 Å². The van der Waals surface area contributed by atoms with Crippen molar-refractivity contribution in [2.24, 2.45) is 5.92 Å². The number of rotatable bonds is 13. The molecule has 0 aliphatic carbocycles. The van der Waals surface area contributed by atoms with E-state index in [2.05, 4.69) is 37.5 Å². The third-order valence-electron chi connectivity index (χ3n) is 11.8. The second kappa shape index (κ2) is 16.4. The Hall–Kier alpha value is -5.75. The number of amides is 3. The van der Waals surface area contributed by atoms with Crippen molar-refractivity contribution < 1.29 is 29.0 Å². The summed E-state index contributed by atoms with van der Waals surface area (Å²) in [6.45, 7) is 7.29. The Morgan fingerprint density at radius 3 is 2.30 bits per heavy atom. The van der Waals surface area contributed by atoms with E-state index in [0.29, 0.717) is 23.5 Å². The van der Waals surface area contributed by atoms with E-state index in [9.17, 15) is 14.7 Å². The molecule has 3 amide bonds. The van der Waals surface area contributed by atoms with Gasteiger partial charge in [-0.3, -0.25) is 14.4 Å². The van der Waals surface area contributed by atoms with Crippen molar-refractivity contribution in [3.8, 4) is 5.75 Å². The Morgan fingerprint density at radius 1 is 0.912 bits per heavy atom. The van der Waals surface area contributed by atoms with E-state index >= 15 is 4.79 Å². The third-order valence-corrected chi connectivity index (χ3v) is 16.1. The molecule has 5 aromatic rings. The minimum absolute atomic E-state index is 0.0569. The minimum Gasteiger partial charge on any atom is -0.497 e. The average molecular weight is 783 g/mol. The molecule has 10 nitrogen and oxygen atoms in total. The standard InChI is InChI=1S/C46H50N4O6Si/c1-31-43(57(3,4)38-23-21-37(55-2)22-24-38)41(28-42(52)49(25-26-51)29-32-11-6-5-7-12-32)56-46(31)39-15-8-9-16-40(39)50(45(46)54)30-33-13-10-14-36(27-33)48-44(53)34-17-19-35(47)20-18-34/h5-24,27,31,41,43,51H,25-26,28-30,47H2,1-4H3,(H,48,53)/t31-,41+,43-,46+/m0/s1. The number of benzene rings is 5. The van der Waals surface area contributed by atoms with Crippen LogP contribution in [0.2, 0.25) is 18.6 Å². The molecule has 0 radical (unpaired) electrons. The van der Waals surface area contributed by atoms with E-state index in [-0.39, 0.29) is 55.3 Å². The van der Waals surface area contributed by atoms with E-state index < -0.39 is 19.8 Å². The van der Waals surface area contributed by atoms with Gasteiger partial charge >= 0.3 is 0 Å². The van der Waals surface area contributed by atoms with Gasteiger partial charge in [-0.1, -0.05) is 98.0 Å². The van der Waals surface area contributed by atoms with Gasteiger partial charge < -0.3 is 35.4 Å². The summed E-state index contributed by atoms with van der Waals surface area (Å²) in [6, 6.07) is 39.9. The number of nitrogens with zero attached hydrogens (tertiary/aromatic N) is 2. The molecular weight excluding hydrogens is 733 g/mol. The maximum absolute atomic E-state index is 15.3. The fourth-order valence-corrected chi connectivity index (χ4v) is 12.9. The molecule has 0 unspecified atom stereocenters. The van der Waals surface area contributed by atoms with Crippen LogP contribution >= 0.6 is 0 Å². The molecule has 2 aliphatic rings. The van der Waals surface area contributed by atoms with Crippen LogP contribution in [0.3, 0.4) is 0 Å². The van der Waals surface area contributed by atoms with Crippen LogP contribution in [0.25, 0.3) is 0 Å². The molecule has 0 aromatic heterocycles. The average Bonchev–Trinajstić information content (AvgIpc) is 3.64. The Balaban J connectivity index is 1.22. The third kappa shape index (κ3) is 7.70. The van der Waals surface area contributed by atoms with Crippen molar-refractivity contribution in [3.05, 3.63) is 150 Å². The van der Waals surface area contributed by atoms with Gasteiger partial charge in [0.05, 0.1) is 46.5 Å². The quantitative estimate of drug-likeness (QED) is 0.0894. The number of fused-ring (bicyclic) bond motifs is 2. The Morgan fingerprint density at radius 2 is 1.60 bits per heavy atom. The van der Waals surface area contributed by atoms with Crippen molar-refractivity contribution in [1.29, 1.82) is 0 Å². The first-order valence-electron chi connectivity index (χ1n) is 19.4. The first-order chi connectivity index (χ1) is 27.5. The number of nitrogen functional groups attached to an aromatic ring is 1. The lowest BCUT2D eigenvalue weighted by Gasteiger charge is -2.37. The van der Waals surface area contributed by atoms with Crippen LogP contribution in [-0.4, -0.2) is 62.2 Å². The number of carbonyl (C=O) groups is 3. The first-order valence-corrected chi connectivity index (χ1v) is 22.5. The summed E-state index contributed by atoms with van der Waals surface area (Å²) >= 11 is 0. The molecule has 1 saturated heterocycles. The Kier molecular flexibility index (Phi) is 11.3. The second-order valence-corrected chi connectivity index (χ2v) is 20.3. The molecule has 5 aromatic carbocycles. The van der Waals surface area contributed by atoms with Crippen LogP contribution < -0.4 is 25.9 Å². The fourth-order valence-electron chi connectivity index (χ4n) is 8.91. The zero-order valence-corrected chi connectivity index (χ0v) is 33.9. The normalized spacial score (nSPS) is 20.1. The van der Waals surface area contributed by atoms with Gasteiger partial charge in [-0.15, -0.1) is 0 Å². The molecule has 0 bridgehead atoms. The van der Waals surface area contributed by atoms with Crippen molar-refractivity contribution in [2.75, 3.05) is 36.2 Å². The Labute approximate surface area is 335 Å². The summed E-state index contributed by atoms with van der Waals surface area (Å²) in [5, 5.41) is 14.2. The van der Waals surface area contributed by atoms with E-state index in [0.717, 1.165) is 28.1 Å². The predicted octanol–water partition coefficient (Wildman–Crippen LogP) is 6.70. The van der Waals surface area contributed by atoms with Gasteiger partial charge in [0.2, 0.25) is 5.91 Å². The van der Waals surface area contributed by atoms with Gasteiger partial charge in [0, 0.05) is 41.5 Å². The lowest BCUT2D eigenvalue weighted by molar-refractivity contribution is -0.150. The largest absolute Gasteiger partial charge is 0.497 e. The summed E-state index contributed by atoms with van der Waals surface area (Å²) in [7, 11) is -0.871. The molecule has 1 fully saturated rings. The number of nitrogens with one attached hydrogen (secondary N) is 1. The molecule has 11 heteroatoms. The number of para-hydroxylation sites is 1. The predicted molar refractivity (Wildman–Crippen MR) is 226 cm³/mol. The number of ether oxygens (including phenoxy) is 2. The van der Waals surface area contributed by atoms with Crippen molar-refractivity contribution >= 4 is 48.0 Å². The van der Waals surface area contributed by atoms with Gasteiger partial charge in [0.25, 0.3) is 11.8 Å². The highest BCUT2D eigenvalue weighted by atomic mass is 28.3. The van der Waals surface area contributed by atoms with Crippen molar-refractivity contribution in [3.63, 3.8) is 0 Å². The second-order valence-electron chi connectivity index (χ2n) is 15.6. The van der Waals surface area contributed by atoms with Crippen LogP contribution in [0.5, 0.6) is 5.75 Å². The summed E-state index contributed by atoms with van der Waals surface area (Å²) in [4.78, 5) is 46.1. The molecule has 4 atom stereocenters. The van der Waals surface area contributed by atoms with Crippen LogP contribution in [0.15, 0.2) is 127 Å². The summed E-state index contributed by atoms with van der Waals surface area (Å²) in [5.74, 6) is -0.127.